The van der Waals surface area contributed by atoms with Gasteiger partial charge in [0.15, 0.2) is 0 Å². The van der Waals surface area contributed by atoms with Crippen LogP contribution in [-0.2, 0) is 14.8 Å². The molecule has 0 fully saturated rings. The summed E-state index contributed by atoms with van der Waals surface area (Å²) in [6, 6.07) is 8.60. The zero-order chi connectivity index (χ0) is 21.1. The molecule has 10 heteroatoms. The van der Waals surface area contributed by atoms with Crippen LogP contribution in [-0.4, -0.2) is 37.6 Å². The van der Waals surface area contributed by atoms with E-state index in [2.05, 4.69) is 5.32 Å². The fourth-order valence-corrected chi connectivity index (χ4v) is 3.34. The lowest BCUT2D eigenvalue weighted by Crippen LogP contribution is -2.22. The molecular weight excluding hydrogens is 406 g/mol. The first-order valence-electron chi connectivity index (χ1n) is 7.98. The van der Waals surface area contributed by atoms with Gasteiger partial charge in [-0.3, -0.25) is 14.9 Å². The molecule has 28 heavy (non-hydrogen) atoms. The Labute approximate surface area is 167 Å². The number of hydrogen-bond acceptors (Lipinski definition) is 5. The number of sulfonamides is 1. The molecule has 0 aliphatic rings. The first-order chi connectivity index (χ1) is 13.0. The van der Waals surface area contributed by atoms with E-state index in [4.69, 9.17) is 11.6 Å². The normalized spacial score (nSPS) is 11.8. The van der Waals surface area contributed by atoms with Gasteiger partial charge in [-0.25, -0.2) is 12.7 Å². The van der Waals surface area contributed by atoms with Gasteiger partial charge < -0.3 is 5.32 Å². The molecule has 0 saturated heterocycles. The third-order valence-electron chi connectivity index (χ3n) is 3.84. The number of aryl methyl sites for hydroxylation is 1. The Bertz CT molecular complexity index is 1060. The summed E-state index contributed by atoms with van der Waals surface area (Å²) in [6.45, 7) is 1.73. The molecule has 0 radical (unpaired) electrons. The van der Waals surface area contributed by atoms with Gasteiger partial charge in [-0.15, -0.1) is 0 Å². The van der Waals surface area contributed by atoms with Crippen LogP contribution < -0.4 is 5.32 Å². The van der Waals surface area contributed by atoms with Crippen LogP contribution in [0, 0.1) is 17.0 Å². The second-order valence-corrected chi connectivity index (χ2v) is 8.61. The van der Waals surface area contributed by atoms with Gasteiger partial charge >= 0.3 is 0 Å². The SMILES string of the molecule is Cc1ccc(S(=O)(=O)N(C)C)cc1NC(=O)/C=C/c1ccc(Cl)c([N+](=O)[O-])c1. The van der Waals surface area contributed by atoms with E-state index in [0.29, 0.717) is 16.8 Å². The molecule has 2 aromatic carbocycles. The number of nitro groups is 1. The molecule has 1 amide bonds. The van der Waals surface area contributed by atoms with Gasteiger partial charge in [-0.1, -0.05) is 23.7 Å². The first-order valence-corrected chi connectivity index (χ1v) is 9.80. The fraction of sp³-hybridized carbons (Fsp3) is 0.167. The van der Waals surface area contributed by atoms with Gasteiger partial charge in [0.2, 0.25) is 15.9 Å². The van der Waals surface area contributed by atoms with Crippen molar-refractivity contribution in [3.8, 4) is 0 Å². The molecule has 0 aromatic heterocycles. The van der Waals surface area contributed by atoms with Crippen LogP contribution in [0.25, 0.3) is 6.08 Å². The quantitative estimate of drug-likeness (QED) is 0.434. The number of nitrogens with one attached hydrogen (secondary N) is 1. The van der Waals surface area contributed by atoms with Crippen molar-refractivity contribution in [1.29, 1.82) is 0 Å². The molecule has 0 aliphatic heterocycles. The van der Waals surface area contributed by atoms with E-state index in [1.807, 2.05) is 0 Å². The molecular formula is C18H18ClN3O5S. The first kappa shape index (κ1) is 21.5. The third kappa shape index (κ3) is 4.94. The van der Waals surface area contributed by atoms with Crippen molar-refractivity contribution < 1.29 is 18.1 Å². The van der Waals surface area contributed by atoms with Gasteiger partial charge in [0.1, 0.15) is 5.02 Å². The second kappa shape index (κ2) is 8.51. The third-order valence-corrected chi connectivity index (χ3v) is 5.97. The molecule has 0 aliphatic carbocycles. The maximum absolute atomic E-state index is 12.2. The number of nitrogens with zero attached hydrogens (tertiary/aromatic N) is 2. The zero-order valence-electron chi connectivity index (χ0n) is 15.3. The van der Waals surface area contributed by atoms with E-state index in [9.17, 15) is 23.3 Å². The highest BCUT2D eigenvalue weighted by Gasteiger charge is 2.18. The summed E-state index contributed by atoms with van der Waals surface area (Å²) in [5, 5.41) is 13.5. The molecule has 148 valence electrons. The van der Waals surface area contributed by atoms with Gasteiger partial charge in [0, 0.05) is 31.9 Å². The lowest BCUT2D eigenvalue weighted by molar-refractivity contribution is -0.384. The molecule has 8 nitrogen and oxygen atoms in total. The molecule has 0 heterocycles. The highest BCUT2D eigenvalue weighted by atomic mass is 35.5. The summed E-state index contributed by atoms with van der Waals surface area (Å²) >= 11 is 5.75. The van der Waals surface area contributed by atoms with E-state index in [0.717, 1.165) is 4.31 Å². The number of carbonyl (C=O) groups excluding carboxylic acids is 1. The van der Waals surface area contributed by atoms with E-state index >= 15 is 0 Å². The zero-order valence-corrected chi connectivity index (χ0v) is 16.9. The minimum absolute atomic E-state index is 0.00106. The van der Waals surface area contributed by atoms with Crippen molar-refractivity contribution in [3.63, 3.8) is 0 Å². The smallest absolute Gasteiger partial charge is 0.288 e. The Kier molecular flexibility index (Phi) is 6.55. The van der Waals surface area contributed by atoms with Gasteiger partial charge in [-0.2, -0.15) is 0 Å². The predicted molar refractivity (Wildman–Crippen MR) is 108 cm³/mol. The van der Waals surface area contributed by atoms with E-state index < -0.39 is 20.9 Å². The number of nitro benzene ring substituents is 1. The van der Waals surface area contributed by atoms with Crippen LogP contribution >= 0.6 is 11.6 Å². The van der Waals surface area contributed by atoms with Gasteiger partial charge in [-0.05, 0) is 42.3 Å². The second-order valence-electron chi connectivity index (χ2n) is 6.05. The average molecular weight is 424 g/mol. The number of halogens is 1. The summed E-state index contributed by atoms with van der Waals surface area (Å²) in [7, 11) is -0.800. The summed E-state index contributed by atoms with van der Waals surface area (Å²) in [4.78, 5) is 22.6. The summed E-state index contributed by atoms with van der Waals surface area (Å²) in [5.41, 5.74) is 1.19. The highest BCUT2D eigenvalue weighted by molar-refractivity contribution is 7.89. The van der Waals surface area contributed by atoms with Crippen LogP contribution in [0.4, 0.5) is 11.4 Å². The maximum atomic E-state index is 12.2. The van der Waals surface area contributed by atoms with Gasteiger partial charge in [0.05, 0.1) is 9.82 Å². The lowest BCUT2D eigenvalue weighted by Gasteiger charge is -2.14. The van der Waals surface area contributed by atoms with E-state index in [1.165, 1.54) is 56.6 Å². The van der Waals surface area contributed by atoms with Crippen molar-refractivity contribution in [2.75, 3.05) is 19.4 Å². The molecule has 2 rings (SSSR count). The molecule has 0 atom stereocenters. The summed E-state index contributed by atoms with van der Waals surface area (Å²) < 4.78 is 25.6. The summed E-state index contributed by atoms with van der Waals surface area (Å²) in [6.07, 6.45) is 2.59. The van der Waals surface area contributed by atoms with Crippen LogP contribution in [0.3, 0.4) is 0 Å². The Morgan fingerprint density at radius 2 is 1.89 bits per heavy atom. The highest BCUT2D eigenvalue weighted by Crippen LogP contribution is 2.26. The van der Waals surface area contributed by atoms with Crippen LogP contribution in [0.1, 0.15) is 11.1 Å². The number of benzene rings is 2. The Morgan fingerprint density at radius 3 is 2.50 bits per heavy atom. The van der Waals surface area contributed by atoms with Crippen molar-refractivity contribution in [2.45, 2.75) is 11.8 Å². The molecule has 0 bridgehead atoms. The molecule has 1 N–H and O–H groups in total. The van der Waals surface area contributed by atoms with Crippen molar-refractivity contribution in [2.24, 2.45) is 0 Å². The fourth-order valence-electron chi connectivity index (χ4n) is 2.23. The van der Waals surface area contributed by atoms with Crippen LogP contribution in [0.5, 0.6) is 0 Å². The summed E-state index contributed by atoms with van der Waals surface area (Å²) in [5.74, 6) is -0.514. The Hall–Kier alpha value is -2.75. The van der Waals surface area contributed by atoms with Crippen molar-refractivity contribution in [1.82, 2.24) is 4.31 Å². The molecule has 0 spiro atoms. The Balaban J connectivity index is 2.23. The number of anilines is 1. The van der Waals surface area contributed by atoms with Crippen LogP contribution in [0.15, 0.2) is 47.4 Å². The van der Waals surface area contributed by atoms with E-state index in [1.54, 1.807) is 13.0 Å². The largest absolute Gasteiger partial charge is 0.322 e. The van der Waals surface area contributed by atoms with E-state index in [-0.39, 0.29) is 15.6 Å². The number of hydrogen-bond donors (Lipinski definition) is 1. The molecule has 0 saturated carbocycles. The average Bonchev–Trinajstić information content (AvgIpc) is 2.62. The maximum Gasteiger partial charge on any atom is 0.288 e. The molecule has 2 aromatic rings. The number of carbonyl (C=O) groups is 1. The monoisotopic (exact) mass is 423 g/mol. The minimum Gasteiger partial charge on any atom is -0.322 e. The number of rotatable bonds is 6. The van der Waals surface area contributed by atoms with Crippen molar-refractivity contribution >= 4 is 45.0 Å². The standard InChI is InChI=1S/C18H18ClN3O5S/c1-12-4-7-14(28(26,27)21(2)3)11-16(12)20-18(23)9-6-13-5-8-15(19)17(10-13)22(24)25/h4-11H,1-3H3,(H,20,23)/b9-6+. The van der Waals surface area contributed by atoms with Gasteiger partial charge in [0.25, 0.3) is 5.69 Å². The minimum atomic E-state index is -3.64. The molecule has 0 unspecified atom stereocenters. The Morgan fingerprint density at radius 1 is 1.21 bits per heavy atom. The van der Waals surface area contributed by atoms with Crippen molar-refractivity contribution in [3.05, 3.63) is 68.7 Å². The van der Waals surface area contributed by atoms with Crippen LogP contribution in [0.2, 0.25) is 5.02 Å². The topological polar surface area (TPSA) is 110 Å². The predicted octanol–water partition coefficient (Wildman–Crippen LogP) is 3.46. The lowest BCUT2D eigenvalue weighted by atomic mass is 10.2. The number of amides is 1.